The summed E-state index contributed by atoms with van der Waals surface area (Å²) in [6, 6.07) is 12.4. The zero-order valence-corrected chi connectivity index (χ0v) is 14.9. The predicted octanol–water partition coefficient (Wildman–Crippen LogP) is 2.51. The molecule has 0 aliphatic carbocycles. The number of hydrogen-bond donors (Lipinski definition) is 2. The van der Waals surface area contributed by atoms with Gasteiger partial charge in [0.05, 0.1) is 5.56 Å². The molecule has 0 fully saturated rings. The van der Waals surface area contributed by atoms with E-state index in [2.05, 4.69) is 15.4 Å². The van der Waals surface area contributed by atoms with Crippen LogP contribution in [0.3, 0.4) is 0 Å². The molecular weight excluding hydrogens is 374 g/mol. The van der Waals surface area contributed by atoms with Crippen LogP contribution in [-0.4, -0.2) is 37.5 Å². The van der Waals surface area contributed by atoms with Gasteiger partial charge in [-0.3, -0.25) is 14.4 Å². The Balaban J connectivity index is 1.79. The predicted molar refractivity (Wildman–Crippen MR) is 96.2 cm³/mol. The van der Waals surface area contributed by atoms with Gasteiger partial charge in [0.2, 0.25) is 0 Å². The summed E-state index contributed by atoms with van der Waals surface area (Å²) in [5, 5.41) is 4.79. The van der Waals surface area contributed by atoms with Crippen LogP contribution in [0.1, 0.15) is 15.9 Å². The number of para-hydroxylation sites is 1. The highest BCUT2D eigenvalue weighted by Gasteiger charge is 2.16. The lowest BCUT2D eigenvalue weighted by atomic mass is 10.2. The van der Waals surface area contributed by atoms with Crippen LogP contribution >= 0.6 is 0 Å². The number of ether oxygens (including phenoxy) is 2. The van der Waals surface area contributed by atoms with Crippen LogP contribution in [0.2, 0.25) is 0 Å². The first-order valence-corrected chi connectivity index (χ1v) is 8.19. The number of amides is 2. The molecule has 0 aromatic heterocycles. The second-order valence-electron chi connectivity index (χ2n) is 5.64. The van der Waals surface area contributed by atoms with E-state index in [0.717, 1.165) is 5.56 Å². The molecule has 0 saturated carbocycles. The van der Waals surface area contributed by atoms with E-state index < -0.39 is 37.5 Å². The Morgan fingerprint density at radius 1 is 1.07 bits per heavy atom. The van der Waals surface area contributed by atoms with Gasteiger partial charge in [0.15, 0.2) is 6.61 Å². The van der Waals surface area contributed by atoms with Crippen molar-refractivity contribution in [3.05, 3.63) is 59.7 Å². The summed E-state index contributed by atoms with van der Waals surface area (Å²) < 4.78 is 33.8. The fourth-order valence-corrected chi connectivity index (χ4v) is 2.22. The summed E-state index contributed by atoms with van der Waals surface area (Å²) >= 11 is 0. The minimum Gasteiger partial charge on any atom is -0.454 e. The Labute approximate surface area is 159 Å². The number of carbonyl (C=O) groups excluding carboxylic acids is 3. The summed E-state index contributed by atoms with van der Waals surface area (Å²) in [5.41, 5.74) is 1.35. The molecule has 0 aliphatic heterocycles. The molecule has 2 N–H and O–H groups in total. The number of benzene rings is 2. The molecule has 7 nitrogen and oxygen atoms in total. The van der Waals surface area contributed by atoms with E-state index in [9.17, 15) is 23.2 Å². The van der Waals surface area contributed by atoms with Crippen molar-refractivity contribution in [2.45, 2.75) is 13.5 Å². The van der Waals surface area contributed by atoms with E-state index in [1.165, 1.54) is 24.3 Å². The largest absolute Gasteiger partial charge is 0.454 e. The normalized spacial score (nSPS) is 10.3. The number of halogens is 2. The smallest absolute Gasteiger partial charge is 0.387 e. The lowest BCUT2D eigenvalue weighted by molar-refractivity contribution is -0.146. The number of hydrogen-bond acceptors (Lipinski definition) is 5. The summed E-state index contributed by atoms with van der Waals surface area (Å²) in [6.07, 6.45) is 0. The first-order chi connectivity index (χ1) is 13.3. The van der Waals surface area contributed by atoms with Crippen molar-refractivity contribution in [1.82, 2.24) is 5.32 Å². The molecule has 0 heterocycles. The Morgan fingerprint density at radius 3 is 2.54 bits per heavy atom. The molecule has 2 aromatic carbocycles. The third-order valence-corrected chi connectivity index (χ3v) is 3.41. The molecule has 148 valence electrons. The molecule has 0 aliphatic rings. The van der Waals surface area contributed by atoms with Gasteiger partial charge >= 0.3 is 12.6 Å². The van der Waals surface area contributed by atoms with Gasteiger partial charge in [-0.2, -0.15) is 8.78 Å². The van der Waals surface area contributed by atoms with Crippen LogP contribution in [0.4, 0.5) is 14.5 Å². The van der Waals surface area contributed by atoms with Gasteiger partial charge in [0, 0.05) is 5.69 Å². The number of rotatable bonds is 8. The standard InChI is InChI=1S/C19H18F2N2O5/c1-12-5-4-6-13(9-12)23-16(24)11-27-17(25)10-22-18(26)14-7-2-3-8-15(14)28-19(20)21/h2-9,19H,10-11H2,1H3,(H,22,26)(H,23,24). The summed E-state index contributed by atoms with van der Waals surface area (Å²) in [4.78, 5) is 35.5. The fourth-order valence-electron chi connectivity index (χ4n) is 2.22. The summed E-state index contributed by atoms with van der Waals surface area (Å²) in [7, 11) is 0. The van der Waals surface area contributed by atoms with E-state index in [1.807, 2.05) is 13.0 Å². The SMILES string of the molecule is Cc1cccc(NC(=O)COC(=O)CNC(=O)c2ccccc2OC(F)F)c1. The molecule has 0 unspecified atom stereocenters. The van der Waals surface area contributed by atoms with Gasteiger partial charge in [-0.05, 0) is 36.8 Å². The van der Waals surface area contributed by atoms with Crippen molar-refractivity contribution in [2.75, 3.05) is 18.5 Å². The molecule has 0 radical (unpaired) electrons. The van der Waals surface area contributed by atoms with Gasteiger partial charge in [-0.15, -0.1) is 0 Å². The molecule has 2 rings (SSSR count). The van der Waals surface area contributed by atoms with Crippen LogP contribution in [0.5, 0.6) is 5.75 Å². The van der Waals surface area contributed by atoms with Crippen LogP contribution in [0.25, 0.3) is 0 Å². The van der Waals surface area contributed by atoms with Gasteiger partial charge < -0.3 is 20.1 Å². The van der Waals surface area contributed by atoms with Gasteiger partial charge in [0.1, 0.15) is 12.3 Å². The van der Waals surface area contributed by atoms with Crippen LogP contribution < -0.4 is 15.4 Å². The third-order valence-electron chi connectivity index (χ3n) is 3.41. The van der Waals surface area contributed by atoms with Gasteiger partial charge in [0.25, 0.3) is 11.8 Å². The number of esters is 1. The maximum atomic E-state index is 12.4. The molecule has 0 spiro atoms. The molecule has 0 bridgehead atoms. The Hall–Kier alpha value is -3.49. The second-order valence-corrected chi connectivity index (χ2v) is 5.64. The van der Waals surface area contributed by atoms with E-state index in [-0.39, 0.29) is 11.3 Å². The van der Waals surface area contributed by atoms with Crippen LogP contribution in [-0.2, 0) is 14.3 Å². The maximum absolute atomic E-state index is 12.4. The van der Waals surface area contributed by atoms with E-state index in [1.54, 1.807) is 18.2 Å². The highest BCUT2D eigenvalue weighted by atomic mass is 19.3. The number of nitrogens with one attached hydrogen (secondary N) is 2. The van der Waals surface area contributed by atoms with E-state index in [4.69, 9.17) is 4.74 Å². The minimum atomic E-state index is -3.09. The number of alkyl halides is 2. The monoisotopic (exact) mass is 392 g/mol. The Morgan fingerprint density at radius 2 is 1.82 bits per heavy atom. The number of carbonyl (C=O) groups is 3. The summed E-state index contributed by atoms with van der Waals surface area (Å²) in [5.74, 6) is -2.51. The average molecular weight is 392 g/mol. The van der Waals surface area contributed by atoms with Gasteiger partial charge in [-0.1, -0.05) is 24.3 Å². The van der Waals surface area contributed by atoms with Crippen LogP contribution in [0.15, 0.2) is 48.5 Å². The van der Waals surface area contributed by atoms with Crippen molar-refractivity contribution in [3.8, 4) is 5.75 Å². The highest BCUT2D eigenvalue weighted by molar-refractivity contribution is 5.98. The van der Waals surface area contributed by atoms with Crippen LogP contribution in [0, 0.1) is 6.92 Å². The highest BCUT2D eigenvalue weighted by Crippen LogP contribution is 2.19. The molecular formula is C19H18F2N2O5. The molecule has 9 heteroatoms. The fraction of sp³-hybridized carbons (Fsp3) is 0.211. The van der Waals surface area contributed by atoms with Crippen molar-refractivity contribution < 1.29 is 32.6 Å². The molecule has 28 heavy (non-hydrogen) atoms. The Bertz CT molecular complexity index is 858. The second kappa shape index (κ2) is 10.0. The quantitative estimate of drug-likeness (QED) is 0.674. The number of anilines is 1. The summed E-state index contributed by atoms with van der Waals surface area (Å²) in [6.45, 7) is -2.30. The lowest BCUT2D eigenvalue weighted by Crippen LogP contribution is -2.32. The average Bonchev–Trinajstić information content (AvgIpc) is 2.64. The first-order valence-electron chi connectivity index (χ1n) is 8.19. The first kappa shape index (κ1) is 20.8. The molecule has 2 amide bonds. The van der Waals surface area contributed by atoms with Crippen molar-refractivity contribution >= 4 is 23.5 Å². The topological polar surface area (TPSA) is 93.7 Å². The molecule has 0 saturated heterocycles. The van der Waals surface area contributed by atoms with Crippen molar-refractivity contribution in [2.24, 2.45) is 0 Å². The lowest BCUT2D eigenvalue weighted by Gasteiger charge is -2.11. The van der Waals surface area contributed by atoms with Crippen molar-refractivity contribution in [3.63, 3.8) is 0 Å². The zero-order chi connectivity index (χ0) is 20.5. The van der Waals surface area contributed by atoms with Crippen molar-refractivity contribution in [1.29, 1.82) is 0 Å². The number of aryl methyl sites for hydroxylation is 1. The maximum Gasteiger partial charge on any atom is 0.387 e. The van der Waals surface area contributed by atoms with E-state index in [0.29, 0.717) is 5.69 Å². The zero-order valence-electron chi connectivity index (χ0n) is 14.9. The molecule has 2 aromatic rings. The van der Waals surface area contributed by atoms with E-state index >= 15 is 0 Å². The molecule has 0 atom stereocenters. The third kappa shape index (κ3) is 6.67. The minimum absolute atomic E-state index is 0.159. The van der Waals surface area contributed by atoms with Gasteiger partial charge in [-0.25, -0.2) is 0 Å². The Kier molecular flexibility index (Phi) is 7.44.